The molecule has 0 atom stereocenters. The van der Waals surface area contributed by atoms with E-state index in [1.807, 2.05) is 0 Å². The van der Waals surface area contributed by atoms with Gasteiger partial charge in [-0.25, -0.2) is 21.6 Å². The Balaban J connectivity index is 2.50. The number of benzene rings is 1. The molecule has 0 saturated heterocycles. The van der Waals surface area contributed by atoms with Crippen LogP contribution < -0.4 is 4.72 Å². The molecule has 0 fully saturated rings. The molecule has 0 radical (unpaired) electrons. The number of hydrogen-bond acceptors (Lipinski definition) is 4. The Morgan fingerprint density at radius 3 is 2.62 bits per heavy atom. The molecule has 0 unspecified atom stereocenters. The van der Waals surface area contributed by atoms with Crippen molar-refractivity contribution in [1.29, 1.82) is 0 Å². The Bertz CT molecular complexity index is 789. The SMILES string of the molecule is Cc1[nH]nc(CO)c1S(=O)(=O)Nc1cc(F)cc(F)c1F. The lowest BCUT2D eigenvalue weighted by Gasteiger charge is -2.10. The van der Waals surface area contributed by atoms with Gasteiger partial charge in [0.1, 0.15) is 16.4 Å². The summed E-state index contributed by atoms with van der Waals surface area (Å²) in [4.78, 5) is -0.408. The molecule has 2 aromatic rings. The van der Waals surface area contributed by atoms with Crippen molar-refractivity contribution in [3.63, 3.8) is 0 Å². The van der Waals surface area contributed by atoms with Gasteiger partial charge in [-0.3, -0.25) is 9.82 Å². The molecule has 0 spiro atoms. The molecule has 10 heteroatoms. The van der Waals surface area contributed by atoms with Gasteiger partial charge in [0.15, 0.2) is 11.6 Å². The normalized spacial score (nSPS) is 11.7. The third-order valence-electron chi connectivity index (χ3n) is 2.62. The maximum Gasteiger partial charge on any atom is 0.265 e. The summed E-state index contributed by atoms with van der Waals surface area (Å²) in [5, 5.41) is 14.9. The number of nitrogens with zero attached hydrogens (tertiary/aromatic N) is 1. The topological polar surface area (TPSA) is 95.1 Å². The first-order chi connectivity index (χ1) is 9.76. The number of aryl methyl sites for hydroxylation is 1. The van der Waals surface area contributed by atoms with Gasteiger partial charge >= 0.3 is 0 Å². The summed E-state index contributed by atoms with van der Waals surface area (Å²) >= 11 is 0. The smallest absolute Gasteiger partial charge is 0.265 e. The lowest BCUT2D eigenvalue weighted by Crippen LogP contribution is -2.17. The number of anilines is 1. The Morgan fingerprint density at radius 2 is 2.00 bits per heavy atom. The van der Waals surface area contributed by atoms with Gasteiger partial charge in [-0.1, -0.05) is 0 Å². The molecular weight excluding hydrogens is 311 g/mol. The highest BCUT2D eigenvalue weighted by Gasteiger charge is 2.26. The van der Waals surface area contributed by atoms with Crippen molar-refractivity contribution in [2.24, 2.45) is 0 Å². The van der Waals surface area contributed by atoms with Crippen molar-refractivity contribution >= 4 is 15.7 Å². The summed E-state index contributed by atoms with van der Waals surface area (Å²) < 4.78 is 65.6. The average molecular weight is 321 g/mol. The Hall–Kier alpha value is -2.07. The van der Waals surface area contributed by atoms with E-state index in [1.54, 1.807) is 4.72 Å². The van der Waals surface area contributed by atoms with E-state index < -0.39 is 44.7 Å². The molecule has 1 aromatic heterocycles. The Labute approximate surface area is 117 Å². The van der Waals surface area contributed by atoms with Crippen molar-refractivity contribution < 1.29 is 26.7 Å². The largest absolute Gasteiger partial charge is 0.390 e. The molecule has 114 valence electrons. The highest BCUT2D eigenvalue weighted by Crippen LogP contribution is 2.25. The fraction of sp³-hybridized carbons (Fsp3) is 0.182. The van der Waals surface area contributed by atoms with Crippen LogP contribution in [0.1, 0.15) is 11.4 Å². The van der Waals surface area contributed by atoms with Gasteiger partial charge in [0.2, 0.25) is 0 Å². The van der Waals surface area contributed by atoms with E-state index in [4.69, 9.17) is 5.11 Å². The van der Waals surface area contributed by atoms with Gasteiger partial charge < -0.3 is 5.11 Å². The van der Waals surface area contributed by atoms with Crippen LogP contribution in [0.3, 0.4) is 0 Å². The zero-order valence-corrected chi connectivity index (χ0v) is 11.4. The van der Waals surface area contributed by atoms with Gasteiger partial charge in [0.05, 0.1) is 18.0 Å². The fourth-order valence-corrected chi connectivity index (χ4v) is 3.17. The van der Waals surface area contributed by atoms with Gasteiger partial charge in [-0.05, 0) is 6.92 Å². The maximum absolute atomic E-state index is 13.5. The molecule has 0 bridgehead atoms. The van der Waals surface area contributed by atoms with Gasteiger partial charge in [0, 0.05) is 12.1 Å². The summed E-state index contributed by atoms with van der Waals surface area (Å²) in [5.41, 5.74) is -0.988. The summed E-state index contributed by atoms with van der Waals surface area (Å²) in [7, 11) is -4.38. The first-order valence-electron chi connectivity index (χ1n) is 5.58. The van der Waals surface area contributed by atoms with Crippen molar-refractivity contribution in [2.45, 2.75) is 18.4 Å². The number of aliphatic hydroxyl groups is 1. The van der Waals surface area contributed by atoms with Crippen LogP contribution in [-0.4, -0.2) is 23.7 Å². The molecule has 2 rings (SSSR count). The number of nitrogens with one attached hydrogen (secondary N) is 2. The number of aromatic nitrogens is 2. The van der Waals surface area contributed by atoms with Crippen molar-refractivity contribution in [3.8, 4) is 0 Å². The van der Waals surface area contributed by atoms with E-state index in [0.717, 1.165) is 0 Å². The molecule has 0 aliphatic rings. The molecule has 0 aliphatic carbocycles. The number of sulfonamides is 1. The predicted octanol–water partition coefficient (Wildman–Crippen LogP) is 1.43. The van der Waals surface area contributed by atoms with E-state index in [1.165, 1.54) is 6.92 Å². The molecule has 0 amide bonds. The third-order valence-corrected chi connectivity index (χ3v) is 4.18. The molecule has 1 aromatic carbocycles. The summed E-state index contributed by atoms with van der Waals surface area (Å²) in [6, 6.07) is 0.791. The van der Waals surface area contributed by atoms with Crippen LogP contribution in [0.15, 0.2) is 17.0 Å². The molecular formula is C11H10F3N3O3S. The summed E-state index contributed by atoms with van der Waals surface area (Å²) in [5.74, 6) is -4.21. The zero-order chi connectivity index (χ0) is 15.8. The van der Waals surface area contributed by atoms with Crippen LogP contribution >= 0.6 is 0 Å². The molecule has 1 heterocycles. The second-order valence-electron chi connectivity index (χ2n) is 4.14. The average Bonchev–Trinajstić information content (AvgIpc) is 2.77. The quantitative estimate of drug-likeness (QED) is 0.742. The standard InChI is InChI=1S/C11H10F3N3O3S/c1-5-11(9(4-18)16-15-5)21(19,20)17-8-3-6(12)2-7(13)10(8)14/h2-3,17-18H,4H2,1H3,(H,15,16). The predicted molar refractivity (Wildman–Crippen MR) is 66.4 cm³/mol. The fourth-order valence-electron chi connectivity index (χ4n) is 1.76. The van der Waals surface area contributed by atoms with E-state index in [2.05, 4.69) is 10.2 Å². The number of rotatable bonds is 4. The van der Waals surface area contributed by atoms with Gasteiger partial charge in [-0.2, -0.15) is 5.10 Å². The second kappa shape index (κ2) is 5.37. The van der Waals surface area contributed by atoms with Crippen LogP contribution in [0, 0.1) is 24.4 Å². The second-order valence-corrected chi connectivity index (χ2v) is 5.76. The minimum Gasteiger partial charge on any atom is -0.390 e. The van der Waals surface area contributed by atoms with Crippen LogP contribution in [0.4, 0.5) is 18.9 Å². The van der Waals surface area contributed by atoms with Crippen LogP contribution in [0.5, 0.6) is 0 Å². The first kappa shape index (κ1) is 15.3. The van der Waals surface area contributed by atoms with Gasteiger partial charge in [-0.15, -0.1) is 0 Å². The molecule has 0 saturated carbocycles. The van der Waals surface area contributed by atoms with E-state index in [-0.39, 0.29) is 17.5 Å². The number of H-pyrrole nitrogens is 1. The van der Waals surface area contributed by atoms with Crippen molar-refractivity contribution in [1.82, 2.24) is 10.2 Å². The number of halogens is 3. The monoisotopic (exact) mass is 321 g/mol. The maximum atomic E-state index is 13.5. The van der Waals surface area contributed by atoms with Crippen LogP contribution in [-0.2, 0) is 16.6 Å². The lowest BCUT2D eigenvalue weighted by atomic mass is 10.3. The van der Waals surface area contributed by atoms with Crippen molar-refractivity contribution in [2.75, 3.05) is 4.72 Å². The number of aliphatic hydroxyl groups excluding tert-OH is 1. The summed E-state index contributed by atoms with van der Waals surface area (Å²) in [6.45, 7) is 0.684. The van der Waals surface area contributed by atoms with Crippen LogP contribution in [0.25, 0.3) is 0 Å². The van der Waals surface area contributed by atoms with Crippen LogP contribution in [0.2, 0.25) is 0 Å². The van der Waals surface area contributed by atoms with E-state index >= 15 is 0 Å². The first-order valence-corrected chi connectivity index (χ1v) is 7.06. The minimum absolute atomic E-state index is 0.0869. The number of aromatic amines is 1. The van der Waals surface area contributed by atoms with Crippen molar-refractivity contribution in [3.05, 3.63) is 41.0 Å². The third kappa shape index (κ3) is 2.85. The lowest BCUT2D eigenvalue weighted by molar-refractivity contribution is 0.273. The zero-order valence-electron chi connectivity index (χ0n) is 10.6. The number of hydrogen-bond donors (Lipinski definition) is 3. The highest BCUT2D eigenvalue weighted by atomic mass is 32.2. The molecule has 0 aliphatic heterocycles. The molecule has 3 N–H and O–H groups in total. The minimum atomic E-state index is -4.38. The molecule has 21 heavy (non-hydrogen) atoms. The molecule has 6 nitrogen and oxygen atoms in total. The highest BCUT2D eigenvalue weighted by molar-refractivity contribution is 7.92. The van der Waals surface area contributed by atoms with E-state index in [9.17, 15) is 21.6 Å². The van der Waals surface area contributed by atoms with E-state index in [0.29, 0.717) is 6.07 Å². The Kier molecular flexibility index (Phi) is 3.92. The van der Waals surface area contributed by atoms with Gasteiger partial charge in [0.25, 0.3) is 10.0 Å². The Morgan fingerprint density at radius 1 is 1.33 bits per heavy atom. The summed E-state index contributed by atoms with van der Waals surface area (Å²) in [6.07, 6.45) is 0.